The minimum absolute atomic E-state index is 0.124. The summed E-state index contributed by atoms with van der Waals surface area (Å²) in [7, 11) is 1.80. The van der Waals surface area contributed by atoms with Crippen molar-refractivity contribution >= 4 is 15.9 Å². The average Bonchev–Trinajstić information content (AvgIpc) is 2.41. The number of nitrogens with one attached hydrogen (secondary N) is 1. The van der Waals surface area contributed by atoms with Gasteiger partial charge in [-0.05, 0) is 61.3 Å². The third kappa shape index (κ3) is 3.44. The Bertz CT molecular complexity index is 613. The van der Waals surface area contributed by atoms with Gasteiger partial charge in [0.25, 0.3) is 0 Å². The predicted molar refractivity (Wildman–Crippen MR) is 80.7 cm³/mol. The fourth-order valence-corrected chi connectivity index (χ4v) is 2.59. The molecule has 0 aromatic heterocycles. The molecule has 0 saturated carbocycles. The van der Waals surface area contributed by atoms with Crippen molar-refractivity contribution in [3.63, 3.8) is 0 Å². The summed E-state index contributed by atoms with van der Waals surface area (Å²) in [6.07, 6.45) is 0.472. The second-order valence-electron chi connectivity index (χ2n) is 4.78. The van der Waals surface area contributed by atoms with Gasteiger partial charge in [0.05, 0.1) is 0 Å². The number of likely N-dealkylation sites (N-methyl/N-ethyl adjacent to an activating group) is 1. The molecule has 0 amide bonds. The first-order valence-corrected chi connectivity index (χ1v) is 7.18. The first-order chi connectivity index (χ1) is 9.51. The highest BCUT2D eigenvalue weighted by Gasteiger charge is 2.15. The minimum atomic E-state index is -0.276. The van der Waals surface area contributed by atoms with Crippen LogP contribution in [0.25, 0.3) is 0 Å². The SMILES string of the molecule is CNC(Cc1ccc(Br)cc1F)c1cc(F)ccc1C. The minimum Gasteiger partial charge on any atom is -0.313 e. The van der Waals surface area contributed by atoms with Gasteiger partial charge in [0, 0.05) is 10.5 Å². The van der Waals surface area contributed by atoms with E-state index in [0.29, 0.717) is 16.5 Å². The Kier molecular flexibility index (Phi) is 4.89. The molecule has 1 atom stereocenters. The van der Waals surface area contributed by atoms with Crippen LogP contribution in [0.2, 0.25) is 0 Å². The van der Waals surface area contributed by atoms with E-state index in [2.05, 4.69) is 21.2 Å². The molecule has 106 valence electrons. The molecule has 0 saturated heterocycles. The fourth-order valence-electron chi connectivity index (χ4n) is 2.26. The van der Waals surface area contributed by atoms with Crippen molar-refractivity contribution in [1.82, 2.24) is 5.32 Å². The Hall–Kier alpha value is -1.26. The molecule has 20 heavy (non-hydrogen) atoms. The number of hydrogen-bond acceptors (Lipinski definition) is 1. The highest BCUT2D eigenvalue weighted by Crippen LogP contribution is 2.25. The van der Waals surface area contributed by atoms with Crippen LogP contribution in [0, 0.1) is 18.6 Å². The molecule has 0 spiro atoms. The fraction of sp³-hybridized carbons (Fsp3) is 0.250. The van der Waals surface area contributed by atoms with Gasteiger partial charge >= 0.3 is 0 Å². The van der Waals surface area contributed by atoms with Crippen LogP contribution >= 0.6 is 15.9 Å². The second kappa shape index (κ2) is 6.46. The molecule has 2 aromatic carbocycles. The third-order valence-corrected chi connectivity index (χ3v) is 3.90. The van der Waals surface area contributed by atoms with Crippen molar-refractivity contribution in [3.8, 4) is 0 Å². The van der Waals surface area contributed by atoms with Crippen molar-refractivity contribution < 1.29 is 8.78 Å². The van der Waals surface area contributed by atoms with E-state index >= 15 is 0 Å². The average molecular weight is 340 g/mol. The van der Waals surface area contributed by atoms with Gasteiger partial charge in [-0.15, -0.1) is 0 Å². The van der Waals surface area contributed by atoms with Crippen molar-refractivity contribution in [3.05, 3.63) is 69.2 Å². The first kappa shape index (κ1) is 15.1. The monoisotopic (exact) mass is 339 g/mol. The van der Waals surface area contributed by atoms with Crippen LogP contribution in [0.1, 0.15) is 22.7 Å². The number of aryl methyl sites for hydroxylation is 1. The number of benzene rings is 2. The van der Waals surface area contributed by atoms with Crippen molar-refractivity contribution in [2.24, 2.45) is 0 Å². The molecule has 0 heterocycles. The molecule has 1 nitrogen and oxygen atoms in total. The van der Waals surface area contributed by atoms with Crippen LogP contribution in [0.5, 0.6) is 0 Å². The van der Waals surface area contributed by atoms with Crippen LogP contribution in [-0.2, 0) is 6.42 Å². The van der Waals surface area contributed by atoms with Gasteiger partial charge in [0.15, 0.2) is 0 Å². The standard InChI is InChI=1S/C16H16BrF2N/c1-10-3-6-13(18)9-14(10)16(20-2)7-11-4-5-12(17)8-15(11)19/h3-6,8-9,16,20H,7H2,1-2H3. The lowest BCUT2D eigenvalue weighted by Crippen LogP contribution is -2.20. The van der Waals surface area contributed by atoms with Gasteiger partial charge in [0.1, 0.15) is 11.6 Å². The Balaban J connectivity index is 2.31. The molecule has 1 unspecified atom stereocenters. The molecule has 0 aliphatic rings. The molecular weight excluding hydrogens is 324 g/mol. The Morgan fingerprint density at radius 2 is 1.90 bits per heavy atom. The molecule has 4 heteroatoms. The molecule has 0 fully saturated rings. The van der Waals surface area contributed by atoms with Gasteiger partial charge in [-0.1, -0.05) is 28.1 Å². The molecule has 0 aliphatic carbocycles. The molecular formula is C16H16BrF2N. The lowest BCUT2D eigenvalue weighted by atomic mass is 9.95. The Labute approximate surface area is 126 Å². The van der Waals surface area contributed by atoms with Crippen LogP contribution in [0.15, 0.2) is 40.9 Å². The van der Waals surface area contributed by atoms with E-state index in [-0.39, 0.29) is 17.7 Å². The molecule has 0 aliphatic heterocycles. The van der Waals surface area contributed by atoms with E-state index in [1.807, 2.05) is 13.0 Å². The van der Waals surface area contributed by atoms with Crippen molar-refractivity contribution in [2.45, 2.75) is 19.4 Å². The number of rotatable bonds is 4. The van der Waals surface area contributed by atoms with Crippen LogP contribution in [-0.4, -0.2) is 7.05 Å². The maximum atomic E-state index is 13.9. The molecule has 0 bridgehead atoms. The van der Waals surface area contributed by atoms with Crippen molar-refractivity contribution in [1.29, 1.82) is 0 Å². The number of halogens is 3. The van der Waals surface area contributed by atoms with Crippen LogP contribution in [0.4, 0.5) is 8.78 Å². The zero-order valence-corrected chi connectivity index (χ0v) is 13.0. The van der Waals surface area contributed by atoms with E-state index in [9.17, 15) is 8.78 Å². The summed E-state index contributed by atoms with van der Waals surface area (Å²) in [5.74, 6) is -0.532. The normalized spacial score (nSPS) is 12.4. The van der Waals surface area contributed by atoms with Gasteiger partial charge in [0.2, 0.25) is 0 Å². The van der Waals surface area contributed by atoms with Gasteiger partial charge < -0.3 is 5.32 Å². The van der Waals surface area contributed by atoms with Gasteiger partial charge in [-0.3, -0.25) is 0 Å². The van der Waals surface area contributed by atoms with E-state index in [1.54, 1.807) is 19.2 Å². The zero-order valence-electron chi connectivity index (χ0n) is 11.4. The summed E-state index contributed by atoms with van der Waals surface area (Å²) in [5.41, 5.74) is 2.45. The highest BCUT2D eigenvalue weighted by molar-refractivity contribution is 9.10. The van der Waals surface area contributed by atoms with E-state index in [1.165, 1.54) is 18.2 Å². The highest BCUT2D eigenvalue weighted by atomic mass is 79.9. The largest absolute Gasteiger partial charge is 0.313 e. The predicted octanol–water partition coefficient (Wildman–Crippen LogP) is 4.54. The molecule has 2 aromatic rings. The summed E-state index contributed by atoms with van der Waals surface area (Å²) in [5, 5.41) is 3.13. The summed E-state index contributed by atoms with van der Waals surface area (Å²) in [6.45, 7) is 1.93. The number of hydrogen-bond donors (Lipinski definition) is 1. The lowest BCUT2D eigenvalue weighted by Gasteiger charge is -2.19. The molecule has 1 N–H and O–H groups in total. The molecule has 0 radical (unpaired) electrons. The van der Waals surface area contributed by atoms with Crippen LogP contribution < -0.4 is 5.32 Å². The summed E-state index contributed by atoms with van der Waals surface area (Å²) in [6, 6.07) is 9.57. The quantitative estimate of drug-likeness (QED) is 0.862. The Morgan fingerprint density at radius 1 is 1.15 bits per heavy atom. The Morgan fingerprint density at radius 3 is 2.55 bits per heavy atom. The topological polar surface area (TPSA) is 12.0 Å². The first-order valence-electron chi connectivity index (χ1n) is 6.38. The van der Waals surface area contributed by atoms with Gasteiger partial charge in [-0.2, -0.15) is 0 Å². The second-order valence-corrected chi connectivity index (χ2v) is 5.70. The lowest BCUT2D eigenvalue weighted by molar-refractivity contribution is 0.546. The smallest absolute Gasteiger partial charge is 0.127 e. The van der Waals surface area contributed by atoms with E-state index in [4.69, 9.17) is 0 Å². The maximum absolute atomic E-state index is 13.9. The van der Waals surface area contributed by atoms with Gasteiger partial charge in [-0.25, -0.2) is 8.78 Å². The van der Waals surface area contributed by atoms with E-state index < -0.39 is 0 Å². The maximum Gasteiger partial charge on any atom is 0.127 e. The van der Waals surface area contributed by atoms with E-state index in [0.717, 1.165) is 11.1 Å². The van der Waals surface area contributed by atoms with Crippen molar-refractivity contribution in [2.75, 3.05) is 7.05 Å². The third-order valence-electron chi connectivity index (χ3n) is 3.40. The zero-order chi connectivity index (χ0) is 14.7. The summed E-state index contributed by atoms with van der Waals surface area (Å²) < 4.78 is 28.0. The summed E-state index contributed by atoms with van der Waals surface area (Å²) in [4.78, 5) is 0. The molecule has 2 rings (SSSR count). The summed E-state index contributed by atoms with van der Waals surface area (Å²) >= 11 is 3.24. The van der Waals surface area contributed by atoms with Crippen LogP contribution in [0.3, 0.4) is 0 Å².